The lowest BCUT2D eigenvalue weighted by atomic mass is 9.92. The maximum Gasteiger partial charge on any atom is 0.408 e. The van der Waals surface area contributed by atoms with E-state index in [0.29, 0.717) is 12.8 Å². The molecular weight excluding hydrogens is 948 g/mol. The second-order valence-corrected chi connectivity index (χ2v) is 22.1. The van der Waals surface area contributed by atoms with Gasteiger partial charge >= 0.3 is 24.0 Å². The van der Waals surface area contributed by atoms with E-state index >= 15 is 0 Å². The van der Waals surface area contributed by atoms with E-state index in [2.05, 4.69) is 63.7 Å². The van der Waals surface area contributed by atoms with Gasteiger partial charge in [0.25, 0.3) is 0 Å². The van der Waals surface area contributed by atoms with Crippen LogP contribution in [0.15, 0.2) is 0 Å². The third-order valence-electron chi connectivity index (χ3n) is 7.22. The quantitative estimate of drug-likeness (QED) is 0.0443. The van der Waals surface area contributed by atoms with E-state index in [1.807, 2.05) is 19.0 Å². The van der Waals surface area contributed by atoms with Crippen LogP contribution in [0.1, 0.15) is 75.2 Å². The zero-order valence-electron chi connectivity index (χ0n) is 35.4. The molecule has 0 saturated carbocycles. The number of carbonyl (C=O) groups is 6. The van der Waals surface area contributed by atoms with Crippen LogP contribution in [0.4, 0.5) is 4.79 Å². The number of esters is 3. The second-order valence-electron chi connectivity index (χ2n) is 16.1. The number of hydrogen-bond donors (Lipinski definition) is 3. The van der Waals surface area contributed by atoms with E-state index in [4.69, 9.17) is 33.2 Å². The molecule has 0 heterocycles. The SMILES string of the molecule is CN(C)CCCC(NC(=O)OC(C)(C)C)C(=O)NCCOCCOCCNC(=O)COCC(COC(=O)C(C)(C)Br)(COC(=O)C(C)(C)Br)COC(=O)C(C)(C)Br. The van der Waals surface area contributed by atoms with Crippen molar-refractivity contribution in [2.24, 2.45) is 5.41 Å². The first-order valence-electron chi connectivity index (χ1n) is 18.6. The Labute approximate surface area is 363 Å². The summed E-state index contributed by atoms with van der Waals surface area (Å²) in [5.74, 6) is -2.67. The molecule has 0 radical (unpaired) electrons. The first kappa shape index (κ1) is 54.9. The number of ether oxygens (including phenoxy) is 7. The number of rotatable bonds is 28. The van der Waals surface area contributed by atoms with Gasteiger partial charge in [0, 0.05) is 13.1 Å². The molecule has 57 heavy (non-hydrogen) atoms. The highest BCUT2D eigenvalue weighted by Crippen LogP contribution is 2.28. The fourth-order valence-electron chi connectivity index (χ4n) is 4.12. The predicted octanol–water partition coefficient (Wildman–Crippen LogP) is 3.64. The summed E-state index contributed by atoms with van der Waals surface area (Å²) in [4.78, 5) is 77.6. The smallest absolute Gasteiger partial charge is 0.408 e. The first-order chi connectivity index (χ1) is 26.1. The average molecular weight is 1010 g/mol. The molecule has 0 bridgehead atoms. The summed E-state index contributed by atoms with van der Waals surface area (Å²) in [6.45, 7) is 15.0. The first-order valence-corrected chi connectivity index (χ1v) is 21.0. The Hall–Kier alpha value is -2.10. The van der Waals surface area contributed by atoms with Gasteiger partial charge in [0.1, 0.15) is 51.0 Å². The Bertz CT molecular complexity index is 1200. The van der Waals surface area contributed by atoms with Crippen LogP contribution in [-0.2, 0) is 57.1 Å². The molecule has 0 saturated heterocycles. The molecule has 0 aromatic heterocycles. The zero-order chi connectivity index (χ0) is 44.1. The van der Waals surface area contributed by atoms with Crippen molar-refractivity contribution in [3.63, 3.8) is 0 Å². The monoisotopic (exact) mass is 1010 g/mol. The van der Waals surface area contributed by atoms with Crippen LogP contribution in [0.25, 0.3) is 0 Å². The van der Waals surface area contributed by atoms with E-state index in [1.165, 1.54) is 0 Å². The summed E-state index contributed by atoms with van der Waals surface area (Å²) in [6, 6.07) is -0.754. The van der Waals surface area contributed by atoms with Crippen molar-refractivity contribution in [1.82, 2.24) is 20.9 Å². The summed E-state index contributed by atoms with van der Waals surface area (Å²) in [5.41, 5.74) is -2.06. The standard InChI is InChI=1S/C37H65Br3N4O13/c1-33(2,3)57-32(50)43-26(13-12-16-44(10)11)28(46)42-15-18-52-20-19-51-17-14-41-27(45)21-53-22-37(23-54-29(47)34(4,5)38,24-55-30(48)35(6,7)39)25-56-31(49)36(8,9)40/h26H,12-25H2,1-11H3,(H,41,45)(H,42,46)(H,43,50). The fraction of sp³-hybridized carbons (Fsp3) is 0.838. The van der Waals surface area contributed by atoms with Gasteiger partial charge in [0.15, 0.2) is 0 Å². The van der Waals surface area contributed by atoms with Crippen molar-refractivity contribution >= 4 is 83.6 Å². The van der Waals surface area contributed by atoms with E-state index in [1.54, 1.807) is 62.3 Å². The van der Waals surface area contributed by atoms with E-state index in [-0.39, 0.29) is 71.9 Å². The third kappa shape index (κ3) is 27.3. The number of amides is 3. The lowest BCUT2D eigenvalue weighted by Crippen LogP contribution is -2.49. The van der Waals surface area contributed by atoms with Crippen LogP contribution in [0.5, 0.6) is 0 Å². The van der Waals surface area contributed by atoms with Gasteiger partial charge in [-0.2, -0.15) is 0 Å². The predicted molar refractivity (Wildman–Crippen MR) is 224 cm³/mol. The molecule has 0 spiro atoms. The van der Waals surface area contributed by atoms with Gasteiger partial charge in [-0.25, -0.2) is 4.79 Å². The van der Waals surface area contributed by atoms with Gasteiger partial charge in [-0.1, -0.05) is 47.8 Å². The molecule has 3 N–H and O–H groups in total. The Kier molecular flexibility index (Phi) is 25.2. The molecule has 0 aliphatic heterocycles. The van der Waals surface area contributed by atoms with Crippen LogP contribution in [0.2, 0.25) is 0 Å². The van der Waals surface area contributed by atoms with Crippen molar-refractivity contribution in [1.29, 1.82) is 0 Å². The summed E-state index contributed by atoms with van der Waals surface area (Å²) in [6.07, 6.45) is 0.475. The molecule has 0 fully saturated rings. The minimum absolute atomic E-state index is 0.164. The number of nitrogens with one attached hydrogen (secondary N) is 3. The van der Waals surface area contributed by atoms with E-state index in [9.17, 15) is 28.8 Å². The summed E-state index contributed by atoms with van der Waals surface area (Å²) < 4.78 is 35.5. The van der Waals surface area contributed by atoms with Gasteiger partial charge in [0.2, 0.25) is 11.8 Å². The van der Waals surface area contributed by atoms with E-state index in [0.717, 1.165) is 6.54 Å². The number of carbonyl (C=O) groups excluding carboxylic acids is 6. The third-order valence-corrected chi connectivity index (χ3v) is 8.19. The summed E-state index contributed by atoms with van der Waals surface area (Å²) in [7, 11) is 3.86. The van der Waals surface area contributed by atoms with Crippen molar-refractivity contribution in [2.75, 3.05) is 93.2 Å². The Morgan fingerprint density at radius 2 is 1.05 bits per heavy atom. The molecule has 0 aliphatic rings. The molecule has 0 aromatic rings. The van der Waals surface area contributed by atoms with Crippen molar-refractivity contribution in [3.05, 3.63) is 0 Å². The lowest BCUT2D eigenvalue weighted by Gasteiger charge is -2.34. The van der Waals surface area contributed by atoms with Crippen molar-refractivity contribution in [2.45, 2.75) is 99.8 Å². The lowest BCUT2D eigenvalue weighted by molar-refractivity contribution is -0.170. The van der Waals surface area contributed by atoms with E-state index < -0.39 is 66.5 Å². The highest BCUT2D eigenvalue weighted by molar-refractivity contribution is 9.10. The molecule has 3 amide bonds. The largest absolute Gasteiger partial charge is 0.464 e. The number of hydrogen-bond acceptors (Lipinski definition) is 14. The second kappa shape index (κ2) is 26.2. The van der Waals surface area contributed by atoms with Gasteiger partial charge in [-0.15, -0.1) is 0 Å². The topological polar surface area (TPSA) is 206 Å². The fourth-order valence-corrected chi connectivity index (χ4v) is 4.46. The molecule has 17 nitrogen and oxygen atoms in total. The minimum Gasteiger partial charge on any atom is -0.464 e. The van der Waals surface area contributed by atoms with Crippen LogP contribution < -0.4 is 16.0 Å². The molecule has 0 aromatic carbocycles. The Balaban J connectivity index is 4.93. The minimum atomic E-state index is -1.37. The maximum atomic E-state index is 12.8. The van der Waals surface area contributed by atoms with Crippen LogP contribution in [0.3, 0.4) is 0 Å². The normalized spacial score (nSPS) is 13.0. The van der Waals surface area contributed by atoms with Gasteiger partial charge in [-0.05, 0) is 95.8 Å². The highest BCUT2D eigenvalue weighted by Gasteiger charge is 2.41. The molecule has 1 unspecified atom stereocenters. The Morgan fingerprint density at radius 1 is 0.614 bits per heavy atom. The molecule has 332 valence electrons. The summed E-state index contributed by atoms with van der Waals surface area (Å²) in [5, 5.41) is 8.09. The number of alkyl carbamates (subject to hydrolysis) is 1. The van der Waals surface area contributed by atoms with Crippen LogP contribution in [0, 0.1) is 5.41 Å². The molecular formula is C37H65Br3N4O13. The molecule has 0 rings (SSSR count). The maximum absolute atomic E-state index is 12.8. The molecule has 20 heteroatoms. The Morgan fingerprint density at radius 3 is 1.46 bits per heavy atom. The van der Waals surface area contributed by atoms with Crippen molar-refractivity contribution < 1.29 is 61.9 Å². The van der Waals surface area contributed by atoms with Gasteiger partial charge in [0.05, 0.1) is 38.4 Å². The van der Waals surface area contributed by atoms with Gasteiger partial charge < -0.3 is 54.0 Å². The molecule has 1 atom stereocenters. The number of alkyl halides is 3. The highest BCUT2D eigenvalue weighted by atomic mass is 79.9. The van der Waals surface area contributed by atoms with Crippen molar-refractivity contribution in [3.8, 4) is 0 Å². The zero-order valence-corrected chi connectivity index (χ0v) is 40.1. The van der Waals surface area contributed by atoms with Crippen LogP contribution in [-0.4, -0.2) is 159 Å². The van der Waals surface area contributed by atoms with Gasteiger partial charge in [-0.3, -0.25) is 24.0 Å². The number of nitrogens with zero attached hydrogens (tertiary/aromatic N) is 1. The summed E-state index contributed by atoms with van der Waals surface area (Å²) >= 11 is 9.77. The number of halogens is 3. The molecule has 0 aliphatic carbocycles. The van der Waals surface area contributed by atoms with Crippen LogP contribution >= 0.6 is 47.8 Å². The average Bonchev–Trinajstić information content (AvgIpc) is 3.06.